The molecule has 1 saturated heterocycles. The van der Waals surface area contributed by atoms with E-state index in [2.05, 4.69) is 5.32 Å². The van der Waals surface area contributed by atoms with E-state index in [1.54, 1.807) is 20.8 Å². The van der Waals surface area contributed by atoms with Crippen molar-refractivity contribution in [3.05, 3.63) is 35.9 Å². The monoisotopic (exact) mass is 378 g/mol. The molecule has 8 nitrogen and oxygen atoms in total. The molecule has 27 heavy (non-hydrogen) atoms. The summed E-state index contributed by atoms with van der Waals surface area (Å²) in [5, 5.41) is 12.2. The van der Waals surface area contributed by atoms with Gasteiger partial charge in [0.05, 0.1) is 6.54 Å². The van der Waals surface area contributed by atoms with Gasteiger partial charge in [-0.3, -0.25) is 4.90 Å². The van der Waals surface area contributed by atoms with Crippen LogP contribution < -0.4 is 5.32 Å². The zero-order chi connectivity index (χ0) is 20.1. The van der Waals surface area contributed by atoms with Gasteiger partial charge in [-0.05, 0) is 39.2 Å². The molecule has 1 heterocycles. The lowest BCUT2D eigenvalue weighted by Gasteiger charge is -2.34. The fourth-order valence-corrected chi connectivity index (χ4v) is 2.96. The Labute approximate surface area is 158 Å². The van der Waals surface area contributed by atoms with Crippen LogP contribution in [-0.2, 0) is 20.9 Å². The number of rotatable bonds is 5. The minimum atomic E-state index is -1.55. The van der Waals surface area contributed by atoms with Crippen LogP contribution in [0.3, 0.4) is 0 Å². The smallest absolute Gasteiger partial charge is 0.411 e. The van der Waals surface area contributed by atoms with Gasteiger partial charge in [0, 0.05) is 6.54 Å². The number of likely N-dealkylation sites (tertiary alicyclic amines) is 1. The first-order chi connectivity index (χ1) is 12.6. The normalized spacial score (nSPS) is 19.4. The summed E-state index contributed by atoms with van der Waals surface area (Å²) in [5.74, 6) is -1.19. The van der Waals surface area contributed by atoms with Gasteiger partial charge in [0.25, 0.3) is 0 Å². The maximum absolute atomic E-state index is 12.5. The Hall–Kier alpha value is -2.77. The van der Waals surface area contributed by atoms with Crippen molar-refractivity contribution in [3.63, 3.8) is 0 Å². The molecule has 1 aliphatic heterocycles. The quantitative estimate of drug-likeness (QED) is 0.816. The number of alkyl carbamates (subject to hydrolysis) is 1. The van der Waals surface area contributed by atoms with Gasteiger partial charge in [-0.25, -0.2) is 14.4 Å². The number of aliphatic carboxylic acids is 1. The zero-order valence-corrected chi connectivity index (χ0v) is 15.9. The summed E-state index contributed by atoms with van der Waals surface area (Å²) in [4.78, 5) is 37.6. The molecule has 0 radical (unpaired) electrons. The Morgan fingerprint density at radius 3 is 2.48 bits per heavy atom. The van der Waals surface area contributed by atoms with Crippen molar-refractivity contribution in [1.82, 2.24) is 10.2 Å². The second-order valence-corrected chi connectivity index (χ2v) is 7.49. The van der Waals surface area contributed by atoms with E-state index < -0.39 is 29.3 Å². The Kier molecular flexibility index (Phi) is 6.30. The topological polar surface area (TPSA) is 105 Å². The number of carbonyl (C=O) groups is 3. The zero-order valence-electron chi connectivity index (χ0n) is 15.9. The summed E-state index contributed by atoms with van der Waals surface area (Å²) >= 11 is 0. The predicted molar refractivity (Wildman–Crippen MR) is 97.2 cm³/mol. The van der Waals surface area contributed by atoms with Crippen LogP contribution in [0.2, 0.25) is 0 Å². The highest BCUT2D eigenvalue weighted by Gasteiger charge is 2.51. The van der Waals surface area contributed by atoms with E-state index >= 15 is 0 Å². The Bertz CT molecular complexity index is 685. The van der Waals surface area contributed by atoms with Crippen LogP contribution in [-0.4, -0.2) is 52.4 Å². The fraction of sp³-hybridized carbons (Fsp3) is 0.526. The molecular weight excluding hydrogens is 352 g/mol. The van der Waals surface area contributed by atoms with Gasteiger partial charge in [0.15, 0.2) is 5.54 Å². The Morgan fingerprint density at radius 2 is 1.89 bits per heavy atom. The van der Waals surface area contributed by atoms with E-state index in [9.17, 15) is 19.5 Å². The summed E-state index contributed by atoms with van der Waals surface area (Å²) in [5.41, 5.74) is -1.45. The lowest BCUT2D eigenvalue weighted by molar-refractivity contribution is -0.148. The number of carboxylic acids is 1. The average molecular weight is 378 g/mol. The number of nitrogens with one attached hydrogen (secondary N) is 1. The molecule has 0 bridgehead atoms. The Morgan fingerprint density at radius 1 is 1.22 bits per heavy atom. The molecule has 1 aromatic carbocycles. The van der Waals surface area contributed by atoms with E-state index in [0.29, 0.717) is 6.42 Å². The van der Waals surface area contributed by atoms with Crippen molar-refractivity contribution in [1.29, 1.82) is 0 Å². The molecule has 0 aliphatic carbocycles. The van der Waals surface area contributed by atoms with Gasteiger partial charge in [0.1, 0.15) is 12.2 Å². The van der Waals surface area contributed by atoms with Gasteiger partial charge in [0.2, 0.25) is 0 Å². The number of nitrogens with zero attached hydrogens (tertiary/aromatic N) is 1. The summed E-state index contributed by atoms with van der Waals surface area (Å²) in [6, 6.07) is 9.12. The van der Waals surface area contributed by atoms with Gasteiger partial charge in [-0.1, -0.05) is 30.3 Å². The summed E-state index contributed by atoms with van der Waals surface area (Å²) in [6.45, 7) is 5.17. The third kappa shape index (κ3) is 5.35. The Balaban J connectivity index is 2.04. The van der Waals surface area contributed by atoms with Gasteiger partial charge >= 0.3 is 18.2 Å². The third-order valence-electron chi connectivity index (χ3n) is 4.24. The van der Waals surface area contributed by atoms with E-state index in [-0.39, 0.29) is 26.1 Å². The molecule has 2 rings (SSSR count). The first-order valence-electron chi connectivity index (χ1n) is 8.83. The predicted octanol–water partition coefficient (Wildman–Crippen LogP) is 2.77. The van der Waals surface area contributed by atoms with E-state index in [1.165, 1.54) is 4.90 Å². The molecule has 8 heteroatoms. The molecule has 0 unspecified atom stereocenters. The average Bonchev–Trinajstić information content (AvgIpc) is 3.03. The van der Waals surface area contributed by atoms with E-state index in [1.807, 2.05) is 30.3 Å². The molecule has 1 aromatic rings. The summed E-state index contributed by atoms with van der Waals surface area (Å²) in [6.07, 6.45) is -0.723. The number of benzene rings is 1. The standard InChI is InChI=1S/C19H26N2O6/c1-18(2,3)27-16(24)20-13-19(15(22)23)10-7-11-21(19)17(25)26-12-14-8-5-4-6-9-14/h4-6,8-9H,7,10-13H2,1-3H3,(H,20,24)(H,22,23)/t19-/m0/s1. The number of carboxylic acid groups (broad SMARTS) is 1. The van der Waals surface area contributed by atoms with Crippen LogP contribution in [0, 0.1) is 0 Å². The first kappa shape index (κ1) is 20.5. The van der Waals surface area contributed by atoms with Crippen molar-refractivity contribution in [2.45, 2.75) is 51.4 Å². The highest BCUT2D eigenvalue weighted by molar-refractivity contribution is 5.86. The first-order valence-corrected chi connectivity index (χ1v) is 8.83. The van der Waals surface area contributed by atoms with Crippen molar-refractivity contribution in [3.8, 4) is 0 Å². The highest BCUT2D eigenvalue weighted by Crippen LogP contribution is 2.30. The maximum atomic E-state index is 12.5. The molecule has 1 aliphatic rings. The van der Waals surface area contributed by atoms with E-state index in [0.717, 1.165) is 5.56 Å². The molecule has 2 N–H and O–H groups in total. The van der Waals surface area contributed by atoms with Crippen molar-refractivity contribution < 1.29 is 29.0 Å². The molecule has 0 spiro atoms. The molecule has 0 saturated carbocycles. The van der Waals surface area contributed by atoms with Crippen molar-refractivity contribution in [2.75, 3.05) is 13.1 Å². The van der Waals surface area contributed by atoms with Crippen LogP contribution in [0.4, 0.5) is 9.59 Å². The van der Waals surface area contributed by atoms with E-state index in [4.69, 9.17) is 9.47 Å². The lowest BCUT2D eigenvalue weighted by Crippen LogP contribution is -2.59. The fourth-order valence-electron chi connectivity index (χ4n) is 2.96. The second-order valence-electron chi connectivity index (χ2n) is 7.49. The van der Waals surface area contributed by atoms with Crippen LogP contribution in [0.5, 0.6) is 0 Å². The molecule has 1 fully saturated rings. The third-order valence-corrected chi connectivity index (χ3v) is 4.24. The number of carbonyl (C=O) groups excluding carboxylic acids is 2. The van der Waals surface area contributed by atoms with Crippen molar-refractivity contribution >= 4 is 18.2 Å². The second kappa shape index (κ2) is 8.28. The molecule has 148 valence electrons. The molecule has 1 atom stereocenters. The van der Waals surface area contributed by atoms with Crippen LogP contribution >= 0.6 is 0 Å². The number of hydrogen-bond acceptors (Lipinski definition) is 5. The van der Waals surface area contributed by atoms with Crippen LogP contribution in [0.25, 0.3) is 0 Å². The summed E-state index contributed by atoms with van der Waals surface area (Å²) < 4.78 is 10.4. The number of amides is 2. The SMILES string of the molecule is CC(C)(C)OC(=O)NC[C@]1(C(=O)O)CCCN1C(=O)OCc1ccccc1. The minimum Gasteiger partial charge on any atom is -0.479 e. The van der Waals surface area contributed by atoms with Crippen LogP contribution in [0.1, 0.15) is 39.2 Å². The van der Waals surface area contributed by atoms with Crippen LogP contribution in [0.15, 0.2) is 30.3 Å². The number of ether oxygens (including phenoxy) is 2. The van der Waals surface area contributed by atoms with Crippen molar-refractivity contribution in [2.24, 2.45) is 0 Å². The highest BCUT2D eigenvalue weighted by atomic mass is 16.6. The maximum Gasteiger partial charge on any atom is 0.411 e. The van der Waals surface area contributed by atoms with Gasteiger partial charge < -0.3 is 19.9 Å². The largest absolute Gasteiger partial charge is 0.479 e. The molecule has 2 amide bonds. The van der Waals surface area contributed by atoms with Gasteiger partial charge in [-0.2, -0.15) is 0 Å². The molecular formula is C19H26N2O6. The lowest BCUT2D eigenvalue weighted by atomic mass is 9.96. The number of hydrogen-bond donors (Lipinski definition) is 2. The summed E-state index contributed by atoms with van der Waals surface area (Å²) in [7, 11) is 0. The molecule has 0 aromatic heterocycles. The minimum absolute atomic E-state index is 0.0470. The van der Waals surface area contributed by atoms with Gasteiger partial charge in [-0.15, -0.1) is 0 Å².